The van der Waals surface area contributed by atoms with Crippen LogP contribution in [0, 0.1) is 52.3 Å². The lowest BCUT2D eigenvalue weighted by atomic mass is 9.44. The van der Waals surface area contributed by atoms with E-state index in [1.165, 1.54) is 44.9 Å². The fourth-order valence-corrected chi connectivity index (χ4v) is 11.5. The Morgan fingerprint density at radius 2 is 1.76 bits per heavy atom. The van der Waals surface area contributed by atoms with E-state index in [1.807, 2.05) is 30.3 Å². The first-order valence-corrected chi connectivity index (χ1v) is 16.9. The van der Waals surface area contributed by atoms with Crippen molar-refractivity contribution in [2.24, 2.45) is 58.0 Å². The Morgan fingerprint density at radius 3 is 2.51 bits per heavy atom. The summed E-state index contributed by atoms with van der Waals surface area (Å²) in [5.74, 6) is 4.20. The highest BCUT2D eigenvalue weighted by Crippen LogP contribution is 2.71. The summed E-state index contributed by atoms with van der Waals surface area (Å²) < 4.78 is 19.6. The van der Waals surface area contributed by atoms with Crippen molar-refractivity contribution in [2.75, 3.05) is 6.61 Å². The minimum absolute atomic E-state index is 0.0160. The van der Waals surface area contributed by atoms with Gasteiger partial charge in [-0.05, 0) is 116 Å². The van der Waals surface area contributed by atoms with Crippen LogP contribution in [-0.2, 0) is 25.4 Å². The molecule has 2 heterocycles. The number of rotatable bonds is 4. The Labute approximate surface area is 247 Å². The van der Waals surface area contributed by atoms with E-state index < -0.39 is 6.04 Å². The summed E-state index contributed by atoms with van der Waals surface area (Å²) in [4.78, 5) is 12.9. The zero-order valence-electron chi connectivity index (χ0n) is 25.9. The summed E-state index contributed by atoms with van der Waals surface area (Å²) in [5, 5.41) is 0. The van der Waals surface area contributed by atoms with Gasteiger partial charge in [-0.15, -0.1) is 0 Å². The fraction of sp³-hybridized carbons (Fsp3) is 0.806. The second-order valence-electron chi connectivity index (χ2n) is 15.8. The molecule has 41 heavy (non-hydrogen) atoms. The Morgan fingerprint density at radius 1 is 0.976 bits per heavy atom. The molecule has 0 aromatic heterocycles. The number of carbonyl (C=O) groups excluding carboxylic acids is 1. The van der Waals surface area contributed by atoms with Crippen LogP contribution in [0.25, 0.3) is 0 Å². The molecule has 2 N–H and O–H groups in total. The van der Waals surface area contributed by atoms with Crippen molar-refractivity contribution in [1.82, 2.24) is 0 Å². The largest absolute Gasteiger partial charge is 0.461 e. The molecule has 226 valence electrons. The minimum atomic E-state index is -0.592. The van der Waals surface area contributed by atoms with Crippen LogP contribution < -0.4 is 5.73 Å². The lowest BCUT2D eigenvalue weighted by molar-refractivity contribution is -0.273. The van der Waals surface area contributed by atoms with E-state index in [9.17, 15) is 4.79 Å². The number of benzene rings is 1. The summed E-state index contributed by atoms with van der Waals surface area (Å²) in [5.41, 5.74) is 8.09. The highest BCUT2D eigenvalue weighted by Gasteiger charge is 2.69. The molecule has 0 bridgehead atoms. The van der Waals surface area contributed by atoms with Crippen LogP contribution in [0.15, 0.2) is 30.3 Å². The van der Waals surface area contributed by atoms with E-state index in [1.54, 1.807) is 0 Å². The van der Waals surface area contributed by atoms with E-state index in [2.05, 4.69) is 27.7 Å². The first-order chi connectivity index (χ1) is 19.6. The van der Waals surface area contributed by atoms with Crippen molar-refractivity contribution in [3.8, 4) is 0 Å². The molecule has 6 aliphatic rings. The van der Waals surface area contributed by atoms with Gasteiger partial charge in [-0.1, -0.05) is 58.0 Å². The van der Waals surface area contributed by atoms with E-state index in [0.717, 1.165) is 49.2 Å². The Hall–Kier alpha value is -1.43. The van der Waals surface area contributed by atoms with Crippen LogP contribution in [0.4, 0.5) is 0 Å². The first kappa shape index (κ1) is 28.3. The molecule has 4 aliphatic carbocycles. The molecule has 1 aromatic rings. The van der Waals surface area contributed by atoms with Gasteiger partial charge >= 0.3 is 5.97 Å². The van der Waals surface area contributed by atoms with Crippen LogP contribution in [0.2, 0.25) is 0 Å². The average molecular weight is 564 g/mol. The molecule has 8 unspecified atom stereocenters. The Balaban J connectivity index is 1.00. The third kappa shape index (κ3) is 4.54. The number of carbonyl (C=O) groups is 1. The predicted molar refractivity (Wildman–Crippen MR) is 160 cm³/mol. The molecule has 1 spiro atoms. The van der Waals surface area contributed by atoms with Crippen molar-refractivity contribution >= 4 is 5.97 Å². The highest BCUT2D eigenvalue weighted by molar-refractivity contribution is 5.76. The van der Waals surface area contributed by atoms with Gasteiger partial charge in [-0.25, -0.2) is 0 Å². The maximum atomic E-state index is 12.9. The molecule has 1 aromatic carbocycles. The maximum Gasteiger partial charge on any atom is 0.323 e. The fourth-order valence-electron chi connectivity index (χ4n) is 11.5. The van der Waals surface area contributed by atoms with Gasteiger partial charge in [0.05, 0.1) is 12.7 Å². The van der Waals surface area contributed by atoms with Crippen molar-refractivity contribution < 1.29 is 19.0 Å². The predicted octanol–water partition coefficient (Wildman–Crippen LogP) is 6.91. The standard InChI is InChI=1S/C36H53NO4/c1-22-12-17-36(39-21-22)23(2)32-31(41-36)20-29-27-11-10-25-19-26(13-15-34(25,3)28(27)14-16-35(29,32)4)40-33(38)30(37)18-24-8-6-5-7-9-24/h5-9,22-23,25-32H,10-21,37H2,1-4H3/t22-,23?,25?,26-,27?,28?,29?,30?,31?,32?,34+,35+,36-/m1/s1. The number of nitrogens with two attached hydrogens (primary N) is 1. The molecule has 5 heteroatoms. The Kier molecular flexibility index (Phi) is 7.15. The van der Waals surface area contributed by atoms with Crippen LogP contribution in [0.5, 0.6) is 0 Å². The number of fused-ring (bicyclic) bond motifs is 7. The Bertz CT molecular complexity index is 1120. The molecule has 2 aliphatic heterocycles. The smallest absolute Gasteiger partial charge is 0.323 e. The third-order valence-electron chi connectivity index (χ3n) is 13.8. The third-order valence-corrected chi connectivity index (χ3v) is 13.8. The summed E-state index contributed by atoms with van der Waals surface area (Å²) in [6.07, 6.45) is 12.9. The van der Waals surface area contributed by atoms with Gasteiger partial charge in [0, 0.05) is 12.3 Å². The molecular weight excluding hydrogens is 510 g/mol. The average Bonchev–Trinajstić information content (AvgIpc) is 3.40. The minimum Gasteiger partial charge on any atom is -0.461 e. The van der Waals surface area contributed by atoms with Gasteiger partial charge in [-0.2, -0.15) is 0 Å². The summed E-state index contributed by atoms with van der Waals surface area (Å²) in [6.45, 7) is 10.8. The summed E-state index contributed by atoms with van der Waals surface area (Å²) in [6, 6.07) is 9.44. The van der Waals surface area contributed by atoms with Crippen molar-refractivity contribution in [3.63, 3.8) is 0 Å². The van der Waals surface area contributed by atoms with Gasteiger partial charge in [-0.3, -0.25) is 4.79 Å². The topological polar surface area (TPSA) is 70.8 Å². The molecule has 7 rings (SSSR count). The molecule has 13 atom stereocenters. The second-order valence-corrected chi connectivity index (χ2v) is 15.8. The quantitative estimate of drug-likeness (QED) is 0.403. The summed E-state index contributed by atoms with van der Waals surface area (Å²) >= 11 is 0. The van der Waals surface area contributed by atoms with Crippen molar-refractivity contribution in [3.05, 3.63) is 35.9 Å². The van der Waals surface area contributed by atoms with Crippen molar-refractivity contribution in [1.29, 1.82) is 0 Å². The van der Waals surface area contributed by atoms with Gasteiger partial charge < -0.3 is 19.9 Å². The number of esters is 1. The maximum absolute atomic E-state index is 12.9. The van der Waals surface area contributed by atoms with Crippen molar-refractivity contribution in [2.45, 2.75) is 122 Å². The summed E-state index contributed by atoms with van der Waals surface area (Å²) in [7, 11) is 0. The number of hydrogen-bond acceptors (Lipinski definition) is 5. The number of hydrogen-bond donors (Lipinski definition) is 1. The van der Waals surface area contributed by atoms with E-state index in [-0.39, 0.29) is 17.9 Å². The van der Waals surface area contributed by atoms with Crippen LogP contribution in [-0.4, -0.2) is 36.6 Å². The SMILES string of the molecule is CC1C2C(CC3C4CCC5C[C@H](OC(=O)C(N)Cc6ccccc6)CC[C@]5(C)C4CC[C@@]32C)O[C@]12CC[C@@H](C)CO2. The normalized spacial score (nSPS) is 49.4. The van der Waals surface area contributed by atoms with Crippen LogP contribution >= 0.6 is 0 Å². The molecule has 5 nitrogen and oxygen atoms in total. The lowest BCUT2D eigenvalue weighted by Gasteiger charge is -2.61. The van der Waals surface area contributed by atoms with E-state index in [4.69, 9.17) is 19.9 Å². The van der Waals surface area contributed by atoms with Gasteiger partial charge in [0.15, 0.2) is 5.79 Å². The molecule has 4 saturated carbocycles. The zero-order valence-corrected chi connectivity index (χ0v) is 25.9. The number of ether oxygens (including phenoxy) is 3. The van der Waals surface area contributed by atoms with Gasteiger partial charge in [0.1, 0.15) is 12.1 Å². The van der Waals surface area contributed by atoms with Crippen LogP contribution in [0.3, 0.4) is 0 Å². The first-order valence-electron chi connectivity index (χ1n) is 16.9. The zero-order chi connectivity index (χ0) is 28.6. The van der Waals surface area contributed by atoms with E-state index in [0.29, 0.717) is 47.0 Å². The second kappa shape index (κ2) is 10.3. The van der Waals surface area contributed by atoms with E-state index >= 15 is 0 Å². The van der Waals surface area contributed by atoms with Crippen LogP contribution in [0.1, 0.15) is 97.5 Å². The molecule has 6 fully saturated rings. The van der Waals surface area contributed by atoms with Gasteiger partial charge in [0.2, 0.25) is 0 Å². The lowest BCUT2D eigenvalue weighted by Crippen LogP contribution is -2.55. The molecule has 0 amide bonds. The molecule has 0 radical (unpaired) electrons. The molecular formula is C36H53NO4. The monoisotopic (exact) mass is 563 g/mol. The highest BCUT2D eigenvalue weighted by atomic mass is 16.7. The molecule has 2 saturated heterocycles. The van der Waals surface area contributed by atoms with Gasteiger partial charge in [0.25, 0.3) is 0 Å².